The van der Waals surface area contributed by atoms with Gasteiger partial charge in [0, 0.05) is 13.0 Å². The van der Waals surface area contributed by atoms with E-state index in [1.165, 1.54) is 11.8 Å². The van der Waals surface area contributed by atoms with E-state index < -0.39 is 5.25 Å². The van der Waals surface area contributed by atoms with Gasteiger partial charge in [0.2, 0.25) is 11.8 Å². The van der Waals surface area contributed by atoms with Gasteiger partial charge in [-0.2, -0.15) is 0 Å². The first-order chi connectivity index (χ1) is 17.6. The minimum Gasteiger partial charge on any atom is -0.497 e. The largest absolute Gasteiger partial charge is 0.497 e. The van der Waals surface area contributed by atoms with Crippen LogP contribution in [0, 0.1) is 0 Å². The van der Waals surface area contributed by atoms with Crippen molar-refractivity contribution < 1.29 is 19.1 Å². The summed E-state index contributed by atoms with van der Waals surface area (Å²) in [6, 6.07) is 24.8. The lowest BCUT2D eigenvalue weighted by atomic mass is 10.1. The van der Waals surface area contributed by atoms with Crippen molar-refractivity contribution in [2.24, 2.45) is 4.99 Å². The van der Waals surface area contributed by atoms with E-state index >= 15 is 0 Å². The molecule has 4 rings (SSSR count). The van der Waals surface area contributed by atoms with Gasteiger partial charge in [0.25, 0.3) is 0 Å². The lowest BCUT2D eigenvalue weighted by Crippen LogP contribution is -2.46. The molecule has 186 valence electrons. The molecule has 7 nitrogen and oxygen atoms in total. The Morgan fingerprint density at radius 1 is 0.944 bits per heavy atom. The quantitative estimate of drug-likeness (QED) is 0.462. The van der Waals surface area contributed by atoms with Crippen LogP contribution in [0.15, 0.2) is 83.9 Å². The van der Waals surface area contributed by atoms with Crippen molar-refractivity contribution in [3.05, 3.63) is 90.0 Å². The summed E-state index contributed by atoms with van der Waals surface area (Å²) in [6.07, 6.45) is 0.841. The molecular formula is C28H29N3O4S. The van der Waals surface area contributed by atoms with Crippen molar-refractivity contribution in [2.75, 3.05) is 20.8 Å². The van der Waals surface area contributed by atoms with Crippen LogP contribution in [0.2, 0.25) is 0 Å². The number of rotatable bonds is 9. The molecule has 1 N–H and O–H groups in total. The van der Waals surface area contributed by atoms with Crippen molar-refractivity contribution in [3.8, 4) is 11.5 Å². The highest BCUT2D eigenvalue weighted by Gasteiger charge is 2.35. The maximum Gasteiger partial charge on any atom is 0.234 e. The highest BCUT2D eigenvalue weighted by Crippen LogP contribution is 2.31. The molecule has 2 amide bonds. The van der Waals surface area contributed by atoms with Gasteiger partial charge in [-0.1, -0.05) is 54.2 Å². The Kier molecular flexibility index (Phi) is 8.62. The summed E-state index contributed by atoms with van der Waals surface area (Å²) in [5.41, 5.74) is 2.77. The van der Waals surface area contributed by atoms with Crippen molar-refractivity contribution in [3.63, 3.8) is 0 Å². The fourth-order valence-corrected chi connectivity index (χ4v) is 4.89. The van der Waals surface area contributed by atoms with E-state index in [-0.39, 0.29) is 18.2 Å². The van der Waals surface area contributed by atoms with E-state index in [9.17, 15) is 9.59 Å². The third-order valence-electron chi connectivity index (χ3n) is 5.78. The summed E-state index contributed by atoms with van der Waals surface area (Å²) in [4.78, 5) is 32.6. The SMILES string of the molecule is COc1ccc(CN2C(=O)CC(C(=O)NCCc3ccccc3)SC2=Nc2ccc(OC)cc2)cc1. The van der Waals surface area contributed by atoms with Gasteiger partial charge in [-0.3, -0.25) is 14.5 Å². The summed E-state index contributed by atoms with van der Waals surface area (Å²) in [5, 5.41) is 2.93. The molecule has 0 aliphatic carbocycles. The zero-order chi connectivity index (χ0) is 25.3. The van der Waals surface area contributed by atoms with E-state index in [1.807, 2.05) is 78.9 Å². The highest BCUT2D eigenvalue weighted by atomic mass is 32.2. The van der Waals surface area contributed by atoms with Gasteiger partial charge in [0.1, 0.15) is 11.5 Å². The zero-order valence-corrected chi connectivity index (χ0v) is 21.2. The first-order valence-electron chi connectivity index (χ1n) is 11.7. The molecule has 36 heavy (non-hydrogen) atoms. The van der Waals surface area contributed by atoms with Crippen LogP contribution in [-0.2, 0) is 22.6 Å². The van der Waals surface area contributed by atoms with E-state index in [2.05, 4.69) is 5.32 Å². The van der Waals surface area contributed by atoms with Gasteiger partial charge in [0.05, 0.1) is 31.7 Å². The van der Waals surface area contributed by atoms with E-state index in [4.69, 9.17) is 14.5 Å². The van der Waals surface area contributed by atoms with E-state index in [0.717, 1.165) is 29.0 Å². The van der Waals surface area contributed by atoms with Gasteiger partial charge < -0.3 is 14.8 Å². The zero-order valence-electron chi connectivity index (χ0n) is 20.3. The lowest BCUT2D eigenvalue weighted by molar-refractivity contribution is -0.130. The molecule has 3 aromatic rings. The van der Waals surface area contributed by atoms with Crippen molar-refractivity contribution >= 4 is 34.4 Å². The Balaban J connectivity index is 1.50. The molecule has 8 heteroatoms. The van der Waals surface area contributed by atoms with Crippen LogP contribution >= 0.6 is 11.8 Å². The Labute approximate surface area is 215 Å². The number of methoxy groups -OCH3 is 2. The predicted octanol–water partition coefficient (Wildman–Crippen LogP) is 4.58. The first-order valence-corrected chi connectivity index (χ1v) is 12.6. The second-order valence-electron chi connectivity index (χ2n) is 8.26. The van der Waals surface area contributed by atoms with Crippen LogP contribution in [0.25, 0.3) is 0 Å². The molecule has 0 spiro atoms. The molecule has 1 unspecified atom stereocenters. The molecule has 3 aromatic carbocycles. The summed E-state index contributed by atoms with van der Waals surface area (Å²) in [5.74, 6) is 1.17. The molecule has 0 bridgehead atoms. The number of nitrogens with zero attached hydrogens (tertiary/aromatic N) is 2. The molecule has 1 saturated heterocycles. The van der Waals surface area contributed by atoms with Crippen LogP contribution in [0.3, 0.4) is 0 Å². The third kappa shape index (κ3) is 6.66. The molecule has 1 heterocycles. The predicted molar refractivity (Wildman–Crippen MR) is 143 cm³/mol. The minimum atomic E-state index is -0.544. The number of benzene rings is 3. The standard InChI is InChI=1S/C28H29N3O4S/c1-34-23-12-8-21(9-13-23)19-31-26(32)18-25(27(33)29-17-16-20-6-4-3-5-7-20)36-28(31)30-22-10-14-24(35-2)15-11-22/h3-15,25H,16-19H2,1-2H3,(H,29,33). The number of thioether (sulfide) groups is 1. The van der Waals surface area contributed by atoms with Gasteiger partial charge >= 0.3 is 0 Å². The van der Waals surface area contributed by atoms with E-state index in [0.29, 0.717) is 23.9 Å². The summed E-state index contributed by atoms with van der Waals surface area (Å²) in [6.45, 7) is 0.863. The first kappa shape index (κ1) is 25.3. The van der Waals surface area contributed by atoms with Gasteiger partial charge in [-0.25, -0.2) is 4.99 Å². The molecule has 0 aromatic heterocycles. The number of hydrogen-bond donors (Lipinski definition) is 1. The Hall–Kier alpha value is -3.78. The number of ether oxygens (including phenoxy) is 2. The van der Waals surface area contributed by atoms with Crippen LogP contribution < -0.4 is 14.8 Å². The minimum absolute atomic E-state index is 0.111. The normalized spacial score (nSPS) is 16.6. The average molecular weight is 504 g/mol. The van der Waals surface area contributed by atoms with Crippen molar-refractivity contribution in [1.29, 1.82) is 0 Å². The maximum absolute atomic E-state index is 13.2. The van der Waals surface area contributed by atoms with Crippen LogP contribution in [-0.4, -0.2) is 47.9 Å². The number of nitrogens with one attached hydrogen (secondary N) is 1. The number of hydrogen-bond acceptors (Lipinski definition) is 6. The summed E-state index contributed by atoms with van der Waals surface area (Å²) in [7, 11) is 3.22. The Bertz CT molecular complexity index is 1200. The van der Waals surface area contributed by atoms with Gasteiger partial charge in [-0.15, -0.1) is 0 Å². The number of carbonyl (C=O) groups excluding carboxylic acids is 2. The average Bonchev–Trinajstić information content (AvgIpc) is 2.91. The van der Waals surface area contributed by atoms with Crippen molar-refractivity contribution in [1.82, 2.24) is 10.2 Å². The smallest absolute Gasteiger partial charge is 0.234 e. The number of carbonyl (C=O) groups is 2. The summed E-state index contributed by atoms with van der Waals surface area (Å²) < 4.78 is 10.5. The van der Waals surface area contributed by atoms with E-state index in [1.54, 1.807) is 19.1 Å². The molecular weight excluding hydrogens is 474 g/mol. The van der Waals surface area contributed by atoms with Gasteiger partial charge in [-0.05, 0) is 53.9 Å². The fraction of sp³-hybridized carbons (Fsp3) is 0.250. The molecule has 0 saturated carbocycles. The van der Waals surface area contributed by atoms with Crippen LogP contribution in [0.1, 0.15) is 17.5 Å². The lowest BCUT2D eigenvalue weighted by Gasteiger charge is -2.32. The second-order valence-corrected chi connectivity index (χ2v) is 9.43. The topological polar surface area (TPSA) is 80.2 Å². The Morgan fingerprint density at radius 2 is 1.58 bits per heavy atom. The fourth-order valence-electron chi connectivity index (χ4n) is 3.77. The van der Waals surface area contributed by atoms with Crippen molar-refractivity contribution in [2.45, 2.75) is 24.6 Å². The molecule has 0 radical (unpaired) electrons. The number of aliphatic imine (C=N–C) groups is 1. The monoisotopic (exact) mass is 503 g/mol. The molecule has 1 atom stereocenters. The second kappa shape index (κ2) is 12.3. The number of amides is 2. The molecule has 1 aliphatic rings. The molecule has 1 aliphatic heterocycles. The van der Waals surface area contributed by atoms with Crippen LogP contribution in [0.5, 0.6) is 11.5 Å². The third-order valence-corrected chi connectivity index (χ3v) is 6.97. The summed E-state index contributed by atoms with van der Waals surface area (Å²) >= 11 is 1.32. The Morgan fingerprint density at radius 3 is 2.22 bits per heavy atom. The van der Waals surface area contributed by atoms with Gasteiger partial charge in [0.15, 0.2) is 5.17 Å². The van der Waals surface area contributed by atoms with Crippen LogP contribution in [0.4, 0.5) is 5.69 Å². The number of amidine groups is 1. The maximum atomic E-state index is 13.2. The highest BCUT2D eigenvalue weighted by molar-refractivity contribution is 8.15. The molecule has 1 fully saturated rings.